The Kier molecular flexibility index (Phi) is 4.95. The van der Waals surface area contributed by atoms with Crippen LogP contribution in [0, 0.1) is 12.7 Å². The highest BCUT2D eigenvalue weighted by Crippen LogP contribution is 2.25. The Morgan fingerprint density at radius 3 is 2.38 bits per heavy atom. The van der Waals surface area contributed by atoms with E-state index in [-0.39, 0.29) is 11.7 Å². The summed E-state index contributed by atoms with van der Waals surface area (Å²) in [7, 11) is 1.93. The van der Waals surface area contributed by atoms with E-state index >= 15 is 0 Å². The Balaban J connectivity index is 1.80. The van der Waals surface area contributed by atoms with E-state index in [0.29, 0.717) is 12.6 Å². The number of nitrogens with one attached hydrogen (secondary N) is 1. The van der Waals surface area contributed by atoms with Gasteiger partial charge in [-0.3, -0.25) is 9.69 Å². The normalized spacial score (nSPS) is 15.3. The van der Waals surface area contributed by atoms with Crippen LogP contribution in [0.25, 0.3) is 0 Å². The summed E-state index contributed by atoms with van der Waals surface area (Å²) in [5.41, 5.74) is 3.17. The molecule has 126 valence electrons. The number of carbonyl (C=O) groups excluding carboxylic acids is 1. The highest BCUT2D eigenvalue weighted by atomic mass is 19.1. The second kappa shape index (κ2) is 7.14. The van der Waals surface area contributed by atoms with Gasteiger partial charge in [-0.25, -0.2) is 4.39 Å². The van der Waals surface area contributed by atoms with Crippen LogP contribution >= 0.6 is 0 Å². The van der Waals surface area contributed by atoms with Gasteiger partial charge < -0.3 is 5.32 Å². The maximum absolute atomic E-state index is 13.2. The van der Waals surface area contributed by atoms with Gasteiger partial charge in [0.1, 0.15) is 11.9 Å². The van der Waals surface area contributed by atoms with Crippen molar-refractivity contribution >= 4 is 5.91 Å². The molecule has 1 amide bonds. The van der Waals surface area contributed by atoms with E-state index in [4.69, 9.17) is 0 Å². The molecule has 24 heavy (non-hydrogen) atoms. The highest BCUT2D eigenvalue weighted by Gasteiger charge is 2.30. The maximum atomic E-state index is 13.2. The van der Waals surface area contributed by atoms with Crippen LogP contribution in [-0.4, -0.2) is 23.9 Å². The second-order valence-corrected chi connectivity index (χ2v) is 6.64. The van der Waals surface area contributed by atoms with Crippen molar-refractivity contribution in [3.63, 3.8) is 0 Å². The van der Waals surface area contributed by atoms with Crippen LogP contribution in [0.3, 0.4) is 0 Å². The molecular formula is C20H23FN2O. The predicted octanol–water partition coefficient (Wildman–Crippen LogP) is 3.59. The Morgan fingerprint density at radius 2 is 1.79 bits per heavy atom. The molecule has 1 fully saturated rings. The zero-order valence-electron chi connectivity index (χ0n) is 14.1. The fourth-order valence-electron chi connectivity index (χ4n) is 2.83. The molecule has 0 saturated heterocycles. The van der Waals surface area contributed by atoms with Gasteiger partial charge in [0.2, 0.25) is 5.91 Å². The Morgan fingerprint density at radius 1 is 1.17 bits per heavy atom. The number of hydrogen-bond acceptors (Lipinski definition) is 2. The Hall–Kier alpha value is -2.20. The highest BCUT2D eigenvalue weighted by molar-refractivity contribution is 5.83. The quantitative estimate of drug-likeness (QED) is 0.880. The largest absolute Gasteiger partial charge is 0.352 e. The van der Waals surface area contributed by atoms with E-state index in [1.54, 1.807) is 12.1 Å². The van der Waals surface area contributed by atoms with Crippen molar-refractivity contribution in [2.75, 3.05) is 7.05 Å². The Labute approximate surface area is 142 Å². The zero-order chi connectivity index (χ0) is 17.1. The van der Waals surface area contributed by atoms with Crippen LogP contribution in [0.4, 0.5) is 4.39 Å². The van der Waals surface area contributed by atoms with Crippen LogP contribution < -0.4 is 5.32 Å². The van der Waals surface area contributed by atoms with Gasteiger partial charge in [-0.1, -0.05) is 42.0 Å². The van der Waals surface area contributed by atoms with E-state index < -0.39 is 6.04 Å². The molecule has 3 rings (SSSR count). The minimum absolute atomic E-state index is 0.0151. The minimum Gasteiger partial charge on any atom is -0.352 e. The molecule has 1 saturated carbocycles. The number of halogens is 1. The Bertz CT molecular complexity index is 693. The third kappa shape index (κ3) is 4.20. The lowest BCUT2D eigenvalue weighted by Crippen LogP contribution is -2.39. The van der Waals surface area contributed by atoms with E-state index in [1.807, 2.05) is 11.9 Å². The SMILES string of the molecule is Cc1ccc(CN(C)C(C(=O)NC2CC2)c2ccc(F)cc2)cc1. The van der Waals surface area contributed by atoms with E-state index in [0.717, 1.165) is 24.0 Å². The number of rotatable bonds is 6. The third-order valence-electron chi connectivity index (χ3n) is 4.35. The van der Waals surface area contributed by atoms with Gasteiger partial charge in [0.05, 0.1) is 0 Å². The monoisotopic (exact) mass is 326 g/mol. The molecule has 0 aromatic heterocycles. The molecular weight excluding hydrogens is 303 g/mol. The smallest absolute Gasteiger partial charge is 0.242 e. The summed E-state index contributed by atoms with van der Waals surface area (Å²) in [5.74, 6) is -0.306. The summed E-state index contributed by atoms with van der Waals surface area (Å²) in [5, 5.41) is 3.07. The van der Waals surface area contributed by atoms with Crippen LogP contribution in [0.5, 0.6) is 0 Å². The number of hydrogen-bond donors (Lipinski definition) is 1. The molecule has 4 heteroatoms. The van der Waals surface area contributed by atoms with Crippen molar-refractivity contribution in [2.45, 2.75) is 38.4 Å². The third-order valence-corrected chi connectivity index (χ3v) is 4.35. The first-order chi connectivity index (χ1) is 11.5. The molecule has 1 aliphatic rings. The van der Waals surface area contributed by atoms with Crippen LogP contribution in [-0.2, 0) is 11.3 Å². The van der Waals surface area contributed by atoms with Crippen molar-refractivity contribution in [3.05, 3.63) is 71.0 Å². The molecule has 0 aliphatic heterocycles. The van der Waals surface area contributed by atoms with E-state index in [9.17, 15) is 9.18 Å². The molecule has 0 heterocycles. The van der Waals surface area contributed by atoms with Gasteiger partial charge in [0.15, 0.2) is 0 Å². The minimum atomic E-state index is -0.424. The number of nitrogens with zero attached hydrogens (tertiary/aromatic N) is 1. The summed E-state index contributed by atoms with van der Waals surface area (Å²) < 4.78 is 13.2. The van der Waals surface area contributed by atoms with Gasteiger partial charge in [-0.15, -0.1) is 0 Å². The fourth-order valence-corrected chi connectivity index (χ4v) is 2.83. The maximum Gasteiger partial charge on any atom is 0.242 e. The van der Waals surface area contributed by atoms with Crippen molar-refractivity contribution in [3.8, 4) is 0 Å². The summed E-state index contributed by atoms with van der Waals surface area (Å²) >= 11 is 0. The first-order valence-electron chi connectivity index (χ1n) is 8.34. The number of carbonyl (C=O) groups is 1. The van der Waals surface area contributed by atoms with Gasteiger partial charge in [0.25, 0.3) is 0 Å². The molecule has 2 aromatic carbocycles. The lowest BCUT2D eigenvalue weighted by Gasteiger charge is -2.28. The average molecular weight is 326 g/mol. The lowest BCUT2D eigenvalue weighted by atomic mass is 10.0. The van der Waals surface area contributed by atoms with Crippen LogP contribution in [0.2, 0.25) is 0 Å². The van der Waals surface area contributed by atoms with Gasteiger partial charge in [-0.05, 0) is 50.1 Å². The first-order valence-corrected chi connectivity index (χ1v) is 8.34. The topological polar surface area (TPSA) is 32.3 Å². The molecule has 1 unspecified atom stereocenters. The molecule has 1 aliphatic carbocycles. The predicted molar refractivity (Wildman–Crippen MR) is 93.0 cm³/mol. The van der Waals surface area contributed by atoms with Gasteiger partial charge in [-0.2, -0.15) is 0 Å². The summed E-state index contributed by atoms with van der Waals surface area (Å²) in [6.45, 7) is 2.71. The standard InChI is InChI=1S/C20H23FN2O/c1-14-3-5-15(6-4-14)13-23(2)19(20(24)22-18-11-12-18)16-7-9-17(21)10-8-16/h3-10,18-19H,11-13H2,1-2H3,(H,22,24). The molecule has 2 aromatic rings. The molecule has 0 radical (unpaired) electrons. The van der Waals surface area contributed by atoms with Crippen molar-refractivity contribution in [1.82, 2.24) is 10.2 Å². The second-order valence-electron chi connectivity index (χ2n) is 6.64. The molecule has 1 atom stereocenters. The van der Waals surface area contributed by atoms with Crippen molar-refractivity contribution in [1.29, 1.82) is 0 Å². The zero-order valence-corrected chi connectivity index (χ0v) is 14.1. The number of amides is 1. The van der Waals surface area contributed by atoms with E-state index in [1.165, 1.54) is 17.7 Å². The summed E-state index contributed by atoms with van der Waals surface area (Å²) in [6, 6.07) is 14.4. The molecule has 0 bridgehead atoms. The molecule has 1 N–H and O–H groups in total. The van der Waals surface area contributed by atoms with Crippen molar-refractivity contribution < 1.29 is 9.18 Å². The summed E-state index contributed by atoms with van der Waals surface area (Å²) in [4.78, 5) is 14.7. The summed E-state index contributed by atoms with van der Waals surface area (Å²) in [6.07, 6.45) is 2.09. The molecule has 0 spiro atoms. The van der Waals surface area contributed by atoms with Gasteiger partial charge in [0, 0.05) is 12.6 Å². The number of likely N-dealkylation sites (N-methyl/N-ethyl adjacent to an activating group) is 1. The average Bonchev–Trinajstić information content (AvgIpc) is 3.36. The van der Waals surface area contributed by atoms with Crippen LogP contribution in [0.1, 0.15) is 35.6 Å². The van der Waals surface area contributed by atoms with Gasteiger partial charge >= 0.3 is 0 Å². The lowest BCUT2D eigenvalue weighted by molar-refractivity contribution is -0.126. The van der Waals surface area contributed by atoms with E-state index in [2.05, 4.69) is 36.5 Å². The molecule has 3 nitrogen and oxygen atoms in total. The fraction of sp³-hybridized carbons (Fsp3) is 0.350. The number of aryl methyl sites for hydroxylation is 1. The van der Waals surface area contributed by atoms with Crippen molar-refractivity contribution in [2.24, 2.45) is 0 Å². The first kappa shape index (κ1) is 16.7. The van der Waals surface area contributed by atoms with Crippen LogP contribution in [0.15, 0.2) is 48.5 Å². The number of benzene rings is 2.